The van der Waals surface area contributed by atoms with Crippen molar-refractivity contribution in [3.63, 3.8) is 0 Å². The molecule has 1 aromatic carbocycles. The molecule has 1 rings (SSSR count). The number of amides is 2. The summed E-state index contributed by atoms with van der Waals surface area (Å²) < 4.78 is 5.40. The highest BCUT2D eigenvalue weighted by molar-refractivity contribution is 5.90. The van der Waals surface area contributed by atoms with Crippen molar-refractivity contribution in [1.82, 2.24) is 5.32 Å². The number of ether oxygens (including phenoxy) is 1. The molecule has 2 N–H and O–H groups in total. The topological polar surface area (TPSA) is 50.4 Å². The van der Waals surface area contributed by atoms with Crippen molar-refractivity contribution in [2.75, 3.05) is 18.5 Å². The Kier molecular flexibility index (Phi) is 8.47. The molecule has 1 aromatic rings. The third-order valence-electron chi connectivity index (χ3n) is 3.04. The molecule has 0 aliphatic heterocycles. The Hall–Kier alpha value is -1.55. The predicted molar refractivity (Wildman–Crippen MR) is 82.9 cm³/mol. The summed E-state index contributed by atoms with van der Waals surface area (Å²) in [6.07, 6.45) is 4.62. The largest absolute Gasteiger partial charge is 0.377 e. The zero-order valence-corrected chi connectivity index (χ0v) is 12.6. The molecule has 0 aliphatic rings. The first kappa shape index (κ1) is 16.5. The smallest absolute Gasteiger partial charge is 0.319 e. The fourth-order valence-electron chi connectivity index (χ4n) is 1.90. The number of unbranched alkanes of at least 4 members (excludes halogenated alkanes) is 3. The van der Waals surface area contributed by atoms with E-state index in [1.807, 2.05) is 31.2 Å². The number of benzene rings is 1. The molecule has 0 atom stereocenters. The molecule has 0 aromatic heterocycles. The van der Waals surface area contributed by atoms with E-state index in [1.165, 1.54) is 12.8 Å². The highest BCUT2D eigenvalue weighted by Gasteiger charge is 2.05. The van der Waals surface area contributed by atoms with Crippen molar-refractivity contribution >= 4 is 11.7 Å². The van der Waals surface area contributed by atoms with E-state index >= 15 is 0 Å². The average Bonchev–Trinajstić information content (AvgIpc) is 2.46. The number of nitrogens with one attached hydrogen (secondary N) is 2. The van der Waals surface area contributed by atoms with Crippen LogP contribution in [-0.4, -0.2) is 19.2 Å². The molecule has 0 unspecified atom stereocenters. The first-order valence-electron chi connectivity index (χ1n) is 7.48. The Morgan fingerprint density at radius 3 is 2.70 bits per heavy atom. The summed E-state index contributed by atoms with van der Waals surface area (Å²) in [6, 6.07) is 7.57. The molecule has 0 saturated carbocycles. The first-order valence-corrected chi connectivity index (χ1v) is 7.48. The van der Waals surface area contributed by atoms with E-state index in [0.29, 0.717) is 13.2 Å². The van der Waals surface area contributed by atoms with Gasteiger partial charge in [0, 0.05) is 24.4 Å². The molecule has 112 valence electrons. The van der Waals surface area contributed by atoms with Crippen LogP contribution in [0.5, 0.6) is 0 Å². The van der Waals surface area contributed by atoms with Gasteiger partial charge in [-0.25, -0.2) is 4.79 Å². The van der Waals surface area contributed by atoms with Crippen LogP contribution in [0.25, 0.3) is 0 Å². The van der Waals surface area contributed by atoms with Crippen molar-refractivity contribution < 1.29 is 9.53 Å². The van der Waals surface area contributed by atoms with Crippen molar-refractivity contribution in [3.05, 3.63) is 29.8 Å². The summed E-state index contributed by atoms with van der Waals surface area (Å²) in [6.45, 7) is 6.04. The van der Waals surface area contributed by atoms with Crippen molar-refractivity contribution in [2.45, 2.75) is 46.1 Å². The highest BCUT2D eigenvalue weighted by atomic mass is 16.5. The van der Waals surface area contributed by atoms with Crippen LogP contribution >= 0.6 is 0 Å². The summed E-state index contributed by atoms with van der Waals surface area (Å²) >= 11 is 0. The second kappa shape index (κ2) is 10.3. The minimum atomic E-state index is -0.148. The molecule has 0 spiro atoms. The van der Waals surface area contributed by atoms with Gasteiger partial charge in [-0.2, -0.15) is 0 Å². The van der Waals surface area contributed by atoms with Crippen LogP contribution in [0.1, 0.15) is 45.1 Å². The zero-order valence-electron chi connectivity index (χ0n) is 12.6. The SMILES string of the molecule is CCCCCCNC(=O)Nc1ccccc1COCC. The van der Waals surface area contributed by atoms with Gasteiger partial charge in [0.1, 0.15) is 0 Å². The van der Waals surface area contributed by atoms with Gasteiger partial charge in [-0.3, -0.25) is 0 Å². The average molecular weight is 278 g/mol. The maximum Gasteiger partial charge on any atom is 0.319 e. The maximum absolute atomic E-state index is 11.8. The number of carbonyl (C=O) groups is 1. The van der Waals surface area contributed by atoms with E-state index in [1.54, 1.807) is 0 Å². The summed E-state index contributed by atoms with van der Waals surface area (Å²) in [5.41, 5.74) is 1.81. The number of para-hydroxylation sites is 1. The van der Waals surface area contributed by atoms with Gasteiger partial charge in [-0.1, -0.05) is 44.4 Å². The summed E-state index contributed by atoms with van der Waals surface area (Å²) in [5, 5.41) is 5.76. The third kappa shape index (κ3) is 6.57. The van der Waals surface area contributed by atoms with Crippen LogP contribution < -0.4 is 10.6 Å². The van der Waals surface area contributed by atoms with Crippen LogP contribution in [0, 0.1) is 0 Å². The summed E-state index contributed by atoms with van der Waals surface area (Å²) in [7, 11) is 0. The van der Waals surface area contributed by atoms with E-state index in [0.717, 1.165) is 30.6 Å². The van der Waals surface area contributed by atoms with Crippen LogP contribution in [0.4, 0.5) is 10.5 Å². The van der Waals surface area contributed by atoms with E-state index in [2.05, 4.69) is 17.6 Å². The van der Waals surface area contributed by atoms with Crippen molar-refractivity contribution in [3.8, 4) is 0 Å². The minimum absolute atomic E-state index is 0.148. The standard InChI is InChI=1S/C16H26N2O2/c1-3-5-6-9-12-17-16(19)18-15-11-8-7-10-14(15)13-20-4-2/h7-8,10-11H,3-6,9,12-13H2,1-2H3,(H2,17,18,19). The molecule has 4 nitrogen and oxygen atoms in total. The minimum Gasteiger partial charge on any atom is -0.377 e. The monoisotopic (exact) mass is 278 g/mol. The fourth-order valence-corrected chi connectivity index (χ4v) is 1.90. The molecular weight excluding hydrogens is 252 g/mol. The van der Waals surface area contributed by atoms with Crippen LogP contribution in [0.3, 0.4) is 0 Å². The lowest BCUT2D eigenvalue weighted by Gasteiger charge is -2.12. The Morgan fingerprint density at radius 1 is 1.15 bits per heavy atom. The molecule has 4 heteroatoms. The first-order chi connectivity index (χ1) is 9.77. The Balaban J connectivity index is 2.37. The Labute approximate surface area is 121 Å². The quantitative estimate of drug-likeness (QED) is 0.672. The van der Waals surface area contributed by atoms with Gasteiger partial charge in [0.25, 0.3) is 0 Å². The number of hydrogen-bond donors (Lipinski definition) is 2. The molecule has 2 amide bonds. The van der Waals surface area contributed by atoms with Gasteiger partial charge in [0.2, 0.25) is 0 Å². The highest BCUT2D eigenvalue weighted by Crippen LogP contribution is 2.15. The zero-order chi connectivity index (χ0) is 14.6. The van der Waals surface area contributed by atoms with E-state index in [-0.39, 0.29) is 6.03 Å². The summed E-state index contributed by atoms with van der Waals surface area (Å²) in [4.78, 5) is 11.8. The number of hydrogen-bond acceptors (Lipinski definition) is 2. The second-order valence-electron chi connectivity index (χ2n) is 4.74. The normalized spacial score (nSPS) is 10.3. The molecule has 0 radical (unpaired) electrons. The Bertz CT molecular complexity index is 394. The van der Waals surface area contributed by atoms with E-state index in [9.17, 15) is 4.79 Å². The second-order valence-corrected chi connectivity index (χ2v) is 4.74. The third-order valence-corrected chi connectivity index (χ3v) is 3.04. The van der Waals surface area contributed by atoms with Gasteiger partial charge >= 0.3 is 6.03 Å². The van der Waals surface area contributed by atoms with Gasteiger partial charge < -0.3 is 15.4 Å². The molecule has 0 aliphatic carbocycles. The van der Waals surface area contributed by atoms with Crippen molar-refractivity contribution in [1.29, 1.82) is 0 Å². The van der Waals surface area contributed by atoms with Gasteiger partial charge in [-0.05, 0) is 19.4 Å². The van der Waals surface area contributed by atoms with Crippen molar-refractivity contribution in [2.24, 2.45) is 0 Å². The van der Waals surface area contributed by atoms with Crippen LogP contribution in [-0.2, 0) is 11.3 Å². The number of carbonyl (C=O) groups excluding carboxylic acids is 1. The molecule has 20 heavy (non-hydrogen) atoms. The molecule has 0 saturated heterocycles. The summed E-state index contributed by atoms with van der Waals surface area (Å²) in [5.74, 6) is 0. The lowest BCUT2D eigenvalue weighted by atomic mass is 10.2. The Morgan fingerprint density at radius 2 is 1.95 bits per heavy atom. The maximum atomic E-state index is 11.8. The van der Waals surface area contributed by atoms with E-state index in [4.69, 9.17) is 4.74 Å². The predicted octanol–water partition coefficient (Wildman–Crippen LogP) is 3.92. The fraction of sp³-hybridized carbons (Fsp3) is 0.562. The molecule has 0 bridgehead atoms. The number of rotatable bonds is 9. The number of urea groups is 1. The van der Waals surface area contributed by atoms with E-state index < -0.39 is 0 Å². The molecule has 0 heterocycles. The van der Waals surface area contributed by atoms with Crippen LogP contribution in [0.2, 0.25) is 0 Å². The van der Waals surface area contributed by atoms with Gasteiger partial charge in [0.05, 0.1) is 6.61 Å². The molecule has 0 fully saturated rings. The van der Waals surface area contributed by atoms with Gasteiger partial charge in [0.15, 0.2) is 0 Å². The van der Waals surface area contributed by atoms with Gasteiger partial charge in [-0.15, -0.1) is 0 Å². The lowest BCUT2D eigenvalue weighted by Crippen LogP contribution is -2.29. The van der Waals surface area contributed by atoms with Crippen LogP contribution in [0.15, 0.2) is 24.3 Å². The molecular formula is C16H26N2O2. The lowest BCUT2D eigenvalue weighted by molar-refractivity contribution is 0.134. The number of anilines is 1.